The first-order valence-electron chi connectivity index (χ1n) is 6.16. The molecular weight excluding hydrogens is 182 g/mol. The first-order valence-corrected chi connectivity index (χ1v) is 6.16. The van der Waals surface area contributed by atoms with Crippen molar-refractivity contribution in [2.75, 3.05) is 5.32 Å². The number of nitrogens with one attached hydrogen (secondary N) is 1. The van der Waals surface area contributed by atoms with Crippen molar-refractivity contribution in [3.63, 3.8) is 0 Å². The van der Waals surface area contributed by atoms with Crippen LogP contribution >= 0.6 is 0 Å². The minimum absolute atomic E-state index is 0.614. The van der Waals surface area contributed by atoms with Gasteiger partial charge in [0.2, 0.25) is 0 Å². The smallest absolute Gasteiger partial charge is 0.0374 e. The van der Waals surface area contributed by atoms with E-state index in [0.29, 0.717) is 6.04 Å². The minimum atomic E-state index is 0.614. The summed E-state index contributed by atoms with van der Waals surface area (Å²) in [7, 11) is 0. The predicted molar refractivity (Wildman–Crippen MR) is 68.4 cm³/mol. The van der Waals surface area contributed by atoms with E-state index in [1.807, 2.05) is 0 Å². The second-order valence-corrected chi connectivity index (χ2v) is 4.06. The highest BCUT2D eigenvalue weighted by Crippen LogP contribution is 2.19. The molecule has 0 spiro atoms. The third-order valence-electron chi connectivity index (χ3n) is 2.88. The fourth-order valence-electron chi connectivity index (χ4n) is 1.86. The number of aryl methyl sites for hydroxylation is 1. The number of para-hydroxylation sites is 1. The molecule has 84 valence electrons. The monoisotopic (exact) mass is 205 g/mol. The molecule has 0 amide bonds. The molecule has 0 aromatic heterocycles. The predicted octanol–water partition coefficient (Wildman–Crippen LogP) is 4.24. The molecule has 0 saturated heterocycles. The molecule has 1 aromatic rings. The molecule has 0 unspecified atom stereocenters. The van der Waals surface area contributed by atoms with Gasteiger partial charge in [-0.3, -0.25) is 0 Å². The van der Waals surface area contributed by atoms with Gasteiger partial charge in [-0.15, -0.1) is 0 Å². The summed E-state index contributed by atoms with van der Waals surface area (Å²) in [6, 6.07) is 9.28. The van der Waals surface area contributed by atoms with Gasteiger partial charge < -0.3 is 5.32 Å². The summed E-state index contributed by atoms with van der Waals surface area (Å²) in [5, 5.41) is 3.63. The lowest BCUT2D eigenvalue weighted by atomic mass is 10.1. The van der Waals surface area contributed by atoms with Crippen LogP contribution in [0.5, 0.6) is 0 Å². The second-order valence-electron chi connectivity index (χ2n) is 4.06. The second kappa shape index (κ2) is 6.49. The molecule has 1 nitrogen and oxygen atoms in total. The van der Waals surface area contributed by atoms with Crippen LogP contribution in [0.3, 0.4) is 0 Å². The molecule has 15 heavy (non-hydrogen) atoms. The fourth-order valence-corrected chi connectivity index (χ4v) is 1.86. The van der Waals surface area contributed by atoms with Gasteiger partial charge in [0.25, 0.3) is 0 Å². The summed E-state index contributed by atoms with van der Waals surface area (Å²) >= 11 is 0. The highest BCUT2D eigenvalue weighted by atomic mass is 14.9. The minimum Gasteiger partial charge on any atom is -0.382 e. The Morgan fingerprint density at radius 3 is 2.33 bits per heavy atom. The lowest BCUT2D eigenvalue weighted by Gasteiger charge is -2.18. The molecule has 0 aliphatic heterocycles. The van der Waals surface area contributed by atoms with E-state index in [1.165, 1.54) is 36.9 Å². The maximum Gasteiger partial charge on any atom is 0.0374 e. The summed E-state index contributed by atoms with van der Waals surface area (Å²) in [5.41, 5.74) is 2.78. The quantitative estimate of drug-likeness (QED) is 0.732. The van der Waals surface area contributed by atoms with Crippen molar-refractivity contribution in [1.29, 1.82) is 0 Å². The zero-order valence-corrected chi connectivity index (χ0v) is 10.2. The summed E-state index contributed by atoms with van der Waals surface area (Å²) in [6.07, 6.45) is 4.76. The van der Waals surface area contributed by atoms with E-state index in [-0.39, 0.29) is 0 Å². The van der Waals surface area contributed by atoms with Crippen LogP contribution in [0, 0.1) is 0 Å². The van der Waals surface area contributed by atoms with Crippen molar-refractivity contribution >= 4 is 5.69 Å². The van der Waals surface area contributed by atoms with Crippen LogP contribution in [0.15, 0.2) is 24.3 Å². The number of rotatable bonds is 6. The average Bonchev–Trinajstić information content (AvgIpc) is 2.28. The van der Waals surface area contributed by atoms with Crippen LogP contribution < -0.4 is 5.32 Å². The molecule has 0 radical (unpaired) electrons. The lowest BCUT2D eigenvalue weighted by Crippen LogP contribution is -2.17. The molecular formula is C14H23N. The van der Waals surface area contributed by atoms with E-state index in [0.717, 1.165) is 0 Å². The highest BCUT2D eigenvalue weighted by Gasteiger charge is 2.05. The number of anilines is 1. The van der Waals surface area contributed by atoms with Gasteiger partial charge >= 0.3 is 0 Å². The van der Waals surface area contributed by atoms with Crippen LogP contribution in [-0.4, -0.2) is 6.04 Å². The van der Waals surface area contributed by atoms with Crippen LogP contribution in [0.1, 0.15) is 45.6 Å². The highest BCUT2D eigenvalue weighted by molar-refractivity contribution is 5.51. The molecule has 1 aromatic carbocycles. The lowest BCUT2D eigenvalue weighted by molar-refractivity contribution is 0.670. The first-order chi connectivity index (χ1) is 7.31. The third-order valence-corrected chi connectivity index (χ3v) is 2.88. The van der Waals surface area contributed by atoms with E-state index in [2.05, 4.69) is 50.4 Å². The van der Waals surface area contributed by atoms with Gasteiger partial charge in [0, 0.05) is 11.7 Å². The summed E-state index contributed by atoms with van der Waals surface area (Å²) in [5.74, 6) is 0. The maximum absolute atomic E-state index is 3.63. The van der Waals surface area contributed by atoms with Gasteiger partial charge in [-0.25, -0.2) is 0 Å². The van der Waals surface area contributed by atoms with Gasteiger partial charge in [0.1, 0.15) is 0 Å². The van der Waals surface area contributed by atoms with Crippen LogP contribution in [-0.2, 0) is 6.42 Å². The van der Waals surface area contributed by atoms with Crippen molar-refractivity contribution in [2.24, 2.45) is 0 Å². The molecule has 1 heteroatoms. The molecule has 0 saturated carbocycles. The zero-order chi connectivity index (χ0) is 11.1. The van der Waals surface area contributed by atoms with E-state index in [4.69, 9.17) is 0 Å². The number of hydrogen-bond acceptors (Lipinski definition) is 1. The molecule has 1 N–H and O–H groups in total. The Hall–Kier alpha value is -0.980. The van der Waals surface area contributed by atoms with Crippen molar-refractivity contribution in [2.45, 2.75) is 52.5 Å². The standard InChI is InChI=1S/C14H23N/c1-4-9-12-10-7-8-11-14(12)15-13(5-2)6-3/h7-8,10-11,13,15H,4-6,9H2,1-3H3. The van der Waals surface area contributed by atoms with Gasteiger partial charge in [-0.05, 0) is 30.9 Å². The van der Waals surface area contributed by atoms with Crippen LogP contribution in [0.4, 0.5) is 5.69 Å². The molecule has 0 aliphatic rings. The van der Waals surface area contributed by atoms with Gasteiger partial charge in [0.15, 0.2) is 0 Å². The van der Waals surface area contributed by atoms with Crippen molar-refractivity contribution in [1.82, 2.24) is 0 Å². The molecule has 0 atom stereocenters. The normalized spacial score (nSPS) is 10.7. The van der Waals surface area contributed by atoms with Crippen LogP contribution in [0.25, 0.3) is 0 Å². The third kappa shape index (κ3) is 3.58. The summed E-state index contributed by atoms with van der Waals surface area (Å²) in [4.78, 5) is 0. The topological polar surface area (TPSA) is 12.0 Å². The first kappa shape index (κ1) is 12.1. The maximum atomic E-state index is 3.63. The Morgan fingerprint density at radius 2 is 1.73 bits per heavy atom. The molecule has 1 rings (SSSR count). The Labute approximate surface area is 93.9 Å². The molecule has 0 aliphatic carbocycles. The number of benzene rings is 1. The van der Waals surface area contributed by atoms with Crippen molar-refractivity contribution < 1.29 is 0 Å². The van der Waals surface area contributed by atoms with Crippen LogP contribution in [0.2, 0.25) is 0 Å². The summed E-state index contributed by atoms with van der Waals surface area (Å²) < 4.78 is 0. The van der Waals surface area contributed by atoms with Crippen molar-refractivity contribution in [3.8, 4) is 0 Å². The average molecular weight is 205 g/mol. The van der Waals surface area contributed by atoms with Gasteiger partial charge in [-0.1, -0.05) is 45.4 Å². The molecule has 0 bridgehead atoms. The van der Waals surface area contributed by atoms with Crippen molar-refractivity contribution in [3.05, 3.63) is 29.8 Å². The van der Waals surface area contributed by atoms with E-state index in [1.54, 1.807) is 0 Å². The molecule has 0 fully saturated rings. The van der Waals surface area contributed by atoms with Gasteiger partial charge in [0.05, 0.1) is 0 Å². The number of hydrogen-bond donors (Lipinski definition) is 1. The summed E-state index contributed by atoms with van der Waals surface area (Å²) in [6.45, 7) is 6.71. The Bertz CT molecular complexity index is 276. The largest absolute Gasteiger partial charge is 0.382 e. The zero-order valence-electron chi connectivity index (χ0n) is 10.2. The fraction of sp³-hybridized carbons (Fsp3) is 0.571. The Morgan fingerprint density at radius 1 is 1.07 bits per heavy atom. The van der Waals surface area contributed by atoms with E-state index < -0.39 is 0 Å². The van der Waals surface area contributed by atoms with E-state index in [9.17, 15) is 0 Å². The SMILES string of the molecule is CCCc1ccccc1NC(CC)CC. The molecule has 0 heterocycles. The van der Waals surface area contributed by atoms with Gasteiger partial charge in [-0.2, -0.15) is 0 Å². The Kier molecular flexibility index (Phi) is 5.23. The Balaban J connectivity index is 2.73. The van der Waals surface area contributed by atoms with E-state index >= 15 is 0 Å².